The quantitative estimate of drug-likeness (QED) is 0.913. The zero-order chi connectivity index (χ0) is 13.4. The molecule has 2 aromatic heterocycles. The Hall–Kier alpha value is -1.61. The second-order valence-electron chi connectivity index (χ2n) is 5.34. The smallest absolute Gasteiger partial charge is 0.0520 e. The van der Waals surface area contributed by atoms with Crippen molar-refractivity contribution < 1.29 is 0 Å². The number of rotatable bonds is 3. The molecular weight excluding hydrogens is 234 g/mol. The molecule has 0 spiro atoms. The molecule has 2 heterocycles. The lowest BCUT2D eigenvalue weighted by atomic mass is 9.92. The van der Waals surface area contributed by atoms with Gasteiger partial charge in [-0.1, -0.05) is 19.1 Å². The van der Waals surface area contributed by atoms with Gasteiger partial charge in [0, 0.05) is 48.0 Å². The fourth-order valence-corrected chi connectivity index (χ4v) is 3.11. The standard InChI is InChI=1S/C16H21N3/c1-4-17-9-12-6-5-7-13-14-10-18-11(2)8-15(14)19(3)16(12)13/h5,7-8,10,12,17H,4,6,9H2,1-3H3/t12-/m1/s1. The van der Waals surface area contributed by atoms with Crippen LogP contribution in [-0.2, 0) is 7.05 Å². The lowest BCUT2D eigenvalue weighted by Gasteiger charge is -2.21. The summed E-state index contributed by atoms with van der Waals surface area (Å²) >= 11 is 0. The Morgan fingerprint density at radius 2 is 2.32 bits per heavy atom. The van der Waals surface area contributed by atoms with Crippen LogP contribution in [0, 0.1) is 6.92 Å². The van der Waals surface area contributed by atoms with Gasteiger partial charge >= 0.3 is 0 Å². The van der Waals surface area contributed by atoms with Crippen LogP contribution >= 0.6 is 0 Å². The average molecular weight is 255 g/mol. The minimum absolute atomic E-state index is 0.567. The molecule has 0 unspecified atom stereocenters. The van der Waals surface area contributed by atoms with Crippen LogP contribution in [-0.4, -0.2) is 22.6 Å². The molecule has 1 aliphatic rings. The Morgan fingerprint density at radius 3 is 3.11 bits per heavy atom. The Morgan fingerprint density at radius 1 is 1.47 bits per heavy atom. The molecule has 0 radical (unpaired) electrons. The van der Waals surface area contributed by atoms with Crippen molar-refractivity contribution in [1.82, 2.24) is 14.9 Å². The van der Waals surface area contributed by atoms with Gasteiger partial charge in [0.1, 0.15) is 0 Å². The van der Waals surface area contributed by atoms with Gasteiger partial charge in [-0.3, -0.25) is 4.98 Å². The van der Waals surface area contributed by atoms with Gasteiger partial charge < -0.3 is 9.88 Å². The van der Waals surface area contributed by atoms with E-state index < -0.39 is 0 Å². The molecule has 0 aliphatic heterocycles. The second-order valence-corrected chi connectivity index (χ2v) is 5.34. The van der Waals surface area contributed by atoms with Gasteiger partial charge in [-0.25, -0.2) is 0 Å². The SMILES string of the molecule is CCNC[C@H]1CC=Cc2c1n(C)c1cc(C)ncc21. The highest BCUT2D eigenvalue weighted by atomic mass is 15.0. The van der Waals surface area contributed by atoms with Crippen LogP contribution in [0.1, 0.15) is 36.2 Å². The van der Waals surface area contributed by atoms with Gasteiger partial charge in [-0.2, -0.15) is 0 Å². The minimum atomic E-state index is 0.567. The summed E-state index contributed by atoms with van der Waals surface area (Å²) in [5, 5.41) is 4.76. The highest BCUT2D eigenvalue weighted by molar-refractivity contribution is 5.91. The molecule has 0 saturated heterocycles. The zero-order valence-electron chi connectivity index (χ0n) is 11.9. The number of fused-ring (bicyclic) bond motifs is 3. The lowest BCUT2D eigenvalue weighted by Crippen LogP contribution is -2.23. The summed E-state index contributed by atoms with van der Waals surface area (Å²) in [7, 11) is 2.18. The summed E-state index contributed by atoms with van der Waals surface area (Å²) in [6, 6.07) is 2.19. The van der Waals surface area contributed by atoms with Crippen LogP contribution in [0.4, 0.5) is 0 Å². The maximum atomic E-state index is 4.45. The minimum Gasteiger partial charge on any atom is -0.347 e. The number of hydrogen-bond acceptors (Lipinski definition) is 2. The molecule has 0 saturated carbocycles. The molecule has 19 heavy (non-hydrogen) atoms. The van der Waals surface area contributed by atoms with Gasteiger partial charge in [-0.05, 0) is 26.0 Å². The first-order valence-electron chi connectivity index (χ1n) is 7.04. The highest BCUT2D eigenvalue weighted by Crippen LogP contribution is 2.36. The Balaban J connectivity index is 2.16. The number of allylic oxidation sites excluding steroid dienone is 1. The third-order valence-corrected chi connectivity index (χ3v) is 4.04. The van der Waals surface area contributed by atoms with Crippen molar-refractivity contribution in [3.8, 4) is 0 Å². The Kier molecular flexibility index (Phi) is 3.15. The summed E-state index contributed by atoms with van der Waals surface area (Å²) in [6.07, 6.45) is 7.70. The number of pyridine rings is 1. The molecule has 0 bridgehead atoms. The maximum absolute atomic E-state index is 4.45. The molecular formula is C16H21N3. The summed E-state index contributed by atoms with van der Waals surface area (Å²) in [5.74, 6) is 0.567. The number of aromatic nitrogens is 2. The van der Waals surface area contributed by atoms with Crippen molar-refractivity contribution in [1.29, 1.82) is 0 Å². The zero-order valence-corrected chi connectivity index (χ0v) is 11.9. The van der Waals surface area contributed by atoms with Gasteiger partial charge in [0.2, 0.25) is 0 Å². The van der Waals surface area contributed by atoms with E-state index in [0.29, 0.717) is 5.92 Å². The molecule has 1 atom stereocenters. The predicted octanol–water partition coefficient (Wildman–Crippen LogP) is 2.99. The van der Waals surface area contributed by atoms with E-state index in [2.05, 4.69) is 54.0 Å². The highest BCUT2D eigenvalue weighted by Gasteiger charge is 2.23. The van der Waals surface area contributed by atoms with Gasteiger partial charge in [0.15, 0.2) is 0 Å². The van der Waals surface area contributed by atoms with Gasteiger partial charge in [-0.15, -0.1) is 0 Å². The number of hydrogen-bond donors (Lipinski definition) is 1. The fraction of sp³-hybridized carbons (Fsp3) is 0.438. The van der Waals surface area contributed by atoms with E-state index in [-0.39, 0.29) is 0 Å². The van der Waals surface area contributed by atoms with Crippen molar-refractivity contribution in [2.24, 2.45) is 7.05 Å². The molecule has 1 aliphatic carbocycles. The topological polar surface area (TPSA) is 29.9 Å². The third kappa shape index (κ3) is 1.98. The molecule has 0 fully saturated rings. The molecule has 2 aromatic rings. The number of likely N-dealkylation sites (N-methyl/N-ethyl adjacent to an activating group) is 1. The van der Waals surface area contributed by atoms with Crippen LogP contribution < -0.4 is 5.32 Å². The third-order valence-electron chi connectivity index (χ3n) is 4.04. The second kappa shape index (κ2) is 4.82. The first-order valence-corrected chi connectivity index (χ1v) is 7.04. The lowest BCUT2D eigenvalue weighted by molar-refractivity contribution is 0.573. The van der Waals surface area contributed by atoms with E-state index in [1.807, 2.05) is 6.20 Å². The Bertz CT molecular complexity index is 637. The molecule has 0 aromatic carbocycles. The van der Waals surface area contributed by atoms with Crippen LogP contribution in [0.3, 0.4) is 0 Å². The molecule has 100 valence electrons. The van der Waals surface area contributed by atoms with E-state index in [1.165, 1.54) is 22.2 Å². The molecule has 3 nitrogen and oxygen atoms in total. The molecule has 3 heteroatoms. The van der Waals surface area contributed by atoms with Crippen LogP contribution in [0.2, 0.25) is 0 Å². The van der Waals surface area contributed by atoms with Crippen molar-refractivity contribution in [2.45, 2.75) is 26.2 Å². The van der Waals surface area contributed by atoms with Crippen LogP contribution in [0.25, 0.3) is 17.0 Å². The Labute approximate surface area is 114 Å². The van der Waals surface area contributed by atoms with E-state index >= 15 is 0 Å². The average Bonchev–Trinajstić information content (AvgIpc) is 2.70. The van der Waals surface area contributed by atoms with Crippen molar-refractivity contribution in [3.63, 3.8) is 0 Å². The normalized spacial score (nSPS) is 17.9. The van der Waals surface area contributed by atoms with E-state index in [0.717, 1.165) is 25.2 Å². The summed E-state index contributed by atoms with van der Waals surface area (Å²) in [5.41, 5.74) is 5.19. The monoisotopic (exact) mass is 255 g/mol. The molecule has 1 N–H and O–H groups in total. The first-order chi connectivity index (χ1) is 9.22. The van der Waals surface area contributed by atoms with E-state index in [1.54, 1.807) is 0 Å². The van der Waals surface area contributed by atoms with E-state index in [4.69, 9.17) is 0 Å². The van der Waals surface area contributed by atoms with Gasteiger partial charge in [0.05, 0.1) is 5.52 Å². The summed E-state index contributed by atoms with van der Waals surface area (Å²) in [4.78, 5) is 4.45. The van der Waals surface area contributed by atoms with Crippen LogP contribution in [0.5, 0.6) is 0 Å². The van der Waals surface area contributed by atoms with E-state index in [9.17, 15) is 0 Å². The maximum Gasteiger partial charge on any atom is 0.0520 e. The number of nitrogens with one attached hydrogen (secondary N) is 1. The first kappa shape index (κ1) is 12.4. The van der Waals surface area contributed by atoms with Crippen molar-refractivity contribution >= 4 is 17.0 Å². The largest absolute Gasteiger partial charge is 0.347 e. The number of nitrogens with zero attached hydrogens (tertiary/aromatic N) is 2. The predicted molar refractivity (Wildman–Crippen MR) is 80.4 cm³/mol. The molecule has 3 rings (SSSR count). The fourth-order valence-electron chi connectivity index (χ4n) is 3.11. The molecule has 0 amide bonds. The summed E-state index contributed by atoms with van der Waals surface area (Å²) in [6.45, 7) is 6.29. The van der Waals surface area contributed by atoms with Crippen molar-refractivity contribution in [3.05, 3.63) is 35.3 Å². The van der Waals surface area contributed by atoms with Crippen molar-refractivity contribution in [2.75, 3.05) is 13.1 Å². The van der Waals surface area contributed by atoms with Crippen LogP contribution in [0.15, 0.2) is 18.3 Å². The summed E-state index contributed by atoms with van der Waals surface area (Å²) < 4.78 is 2.35. The van der Waals surface area contributed by atoms with Gasteiger partial charge in [0.25, 0.3) is 0 Å². The number of aryl methyl sites for hydroxylation is 2.